The van der Waals surface area contributed by atoms with Crippen molar-refractivity contribution in [2.45, 2.75) is 0 Å². The molecule has 0 saturated carbocycles. The summed E-state index contributed by atoms with van der Waals surface area (Å²) in [4.78, 5) is 20.4. The van der Waals surface area contributed by atoms with Crippen molar-refractivity contribution in [2.75, 3.05) is 0 Å². The Hall–Kier alpha value is -7.02. The van der Waals surface area contributed by atoms with Crippen molar-refractivity contribution in [3.63, 3.8) is 0 Å². The molecule has 6 aromatic carbocycles. The molecule has 6 nitrogen and oxygen atoms in total. The fourth-order valence-electron chi connectivity index (χ4n) is 5.87. The van der Waals surface area contributed by atoms with Gasteiger partial charge in [0.15, 0.2) is 0 Å². The predicted octanol–water partition coefficient (Wildman–Crippen LogP) is 9.65. The van der Waals surface area contributed by atoms with Crippen LogP contribution >= 0.6 is 0 Å². The van der Waals surface area contributed by atoms with E-state index in [9.17, 15) is 10.5 Å². The first-order valence-electron chi connectivity index (χ1n) is 15.4. The maximum Gasteiger partial charge on any atom is 0.0991 e. The Morgan fingerprint density at radius 3 is 0.979 bits per heavy atom. The van der Waals surface area contributed by atoms with Crippen LogP contribution in [-0.2, 0) is 0 Å². The van der Waals surface area contributed by atoms with Crippen LogP contribution in [0.1, 0.15) is 11.1 Å². The zero-order valence-electron chi connectivity index (χ0n) is 25.5. The second kappa shape index (κ2) is 12.1. The first kappa shape index (κ1) is 28.5. The highest BCUT2D eigenvalue weighted by molar-refractivity contribution is 5.92. The van der Waals surface area contributed by atoms with Gasteiger partial charge >= 0.3 is 0 Å². The van der Waals surface area contributed by atoms with Crippen LogP contribution < -0.4 is 0 Å². The van der Waals surface area contributed by atoms with Gasteiger partial charge in [0, 0.05) is 22.3 Å². The molecule has 0 atom stereocenters. The third-order valence-electron chi connectivity index (χ3n) is 8.33. The van der Waals surface area contributed by atoms with E-state index < -0.39 is 0 Å². The van der Waals surface area contributed by atoms with Crippen LogP contribution in [0.5, 0.6) is 0 Å². The molecule has 8 aromatic rings. The topological polar surface area (TPSA) is 99.1 Å². The second-order valence-electron chi connectivity index (χ2n) is 11.4. The van der Waals surface area contributed by atoms with Crippen molar-refractivity contribution < 1.29 is 0 Å². The van der Waals surface area contributed by atoms with Gasteiger partial charge in [-0.1, -0.05) is 97.1 Å². The summed E-state index contributed by atoms with van der Waals surface area (Å²) in [7, 11) is 0. The largest absolute Gasteiger partial charge is 0.244 e. The van der Waals surface area contributed by atoms with Crippen molar-refractivity contribution in [1.29, 1.82) is 10.5 Å². The van der Waals surface area contributed by atoms with Gasteiger partial charge in [-0.15, -0.1) is 0 Å². The Labute approximate surface area is 276 Å². The normalized spacial score (nSPS) is 10.9. The Kier molecular flexibility index (Phi) is 7.15. The van der Waals surface area contributed by atoms with Gasteiger partial charge in [-0.05, 0) is 59.7 Å². The number of hydrogen-bond donors (Lipinski definition) is 0. The molecule has 0 aliphatic rings. The summed E-state index contributed by atoms with van der Waals surface area (Å²) in [5.74, 6) is 0. The van der Waals surface area contributed by atoms with Gasteiger partial charge in [0.25, 0.3) is 0 Å². The van der Waals surface area contributed by atoms with Gasteiger partial charge in [-0.25, -0.2) is 19.9 Å². The lowest BCUT2D eigenvalue weighted by molar-refractivity contribution is 1.29. The highest BCUT2D eigenvalue weighted by Gasteiger charge is 2.16. The van der Waals surface area contributed by atoms with Crippen molar-refractivity contribution in [2.24, 2.45) is 0 Å². The van der Waals surface area contributed by atoms with E-state index in [2.05, 4.69) is 48.5 Å². The fraction of sp³-hybridized carbons (Fsp3) is 0. The van der Waals surface area contributed by atoms with Crippen LogP contribution in [0.3, 0.4) is 0 Å². The predicted molar refractivity (Wildman–Crippen MR) is 189 cm³/mol. The molecule has 8 rings (SSSR count). The van der Waals surface area contributed by atoms with E-state index >= 15 is 0 Å². The molecular formula is C42H24N6. The monoisotopic (exact) mass is 612 g/mol. The number of rotatable bonds is 5. The average molecular weight is 613 g/mol. The molecule has 0 spiro atoms. The third-order valence-corrected chi connectivity index (χ3v) is 8.33. The van der Waals surface area contributed by atoms with E-state index in [1.165, 1.54) is 0 Å². The summed E-state index contributed by atoms with van der Waals surface area (Å²) in [6.45, 7) is 0. The van der Waals surface area contributed by atoms with Gasteiger partial charge in [0.1, 0.15) is 0 Å². The quantitative estimate of drug-likeness (QED) is 0.192. The minimum absolute atomic E-state index is 0.570. The summed E-state index contributed by atoms with van der Waals surface area (Å²) in [6, 6.07) is 51.6. The van der Waals surface area contributed by atoms with E-state index in [4.69, 9.17) is 19.9 Å². The lowest BCUT2D eigenvalue weighted by Crippen LogP contribution is -1.97. The zero-order valence-corrected chi connectivity index (χ0v) is 25.5. The number of nitriles is 2. The lowest BCUT2D eigenvalue weighted by Gasteiger charge is -2.13. The second-order valence-corrected chi connectivity index (χ2v) is 11.4. The molecule has 2 aromatic heterocycles. The van der Waals surface area contributed by atoms with Crippen LogP contribution in [0.4, 0.5) is 0 Å². The van der Waals surface area contributed by atoms with Crippen LogP contribution in [0.25, 0.3) is 78.2 Å². The van der Waals surface area contributed by atoms with Gasteiger partial charge in [0.2, 0.25) is 0 Å². The van der Waals surface area contributed by atoms with E-state index in [-0.39, 0.29) is 0 Å². The van der Waals surface area contributed by atoms with Crippen molar-refractivity contribution in [3.05, 3.63) is 157 Å². The van der Waals surface area contributed by atoms with E-state index in [0.29, 0.717) is 22.5 Å². The van der Waals surface area contributed by atoms with Gasteiger partial charge < -0.3 is 0 Å². The van der Waals surface area contributed by atoms with E-state index in [0.717, 1.165) is 66.8 Å². The summed E-state index contributed by atoms with van der Waals surface area (Å²) in [6.07, 6.45) is 0. The van der Waals surface area contributed by atoms with E-state index in [1.807, 2.05) is 84.9 Å². The standard InChI is InChI=1S/C42H24N6/c43-25-27-11-15-31(16-12-27)41-42(32-17-13-28(26-44)14-18-32)48-38-24-34(20-22-36(38)46-41)33-19-21-35-37(23-33)47-40(30-9-5-2-6-10-30)39(45-35)29-7-3-1-4-8-29/h1-24H. The molecule has 2 heterocycles. The highest BCUT2D eigenvalue weighted by atomic mass is 14.8. The average Bonchev–Trinajstić information content (AvgIpc) is 3.17. The molecule has 0 radical (unpaired) electrons. The number of nitrogens with zero attached hydrogens (tertiary/aromatic N) is 6. The molecule has 222 valence electrons. The summed E-state index contributed by atoms with van der Waals surface area (Å²) < 4.78 is 0. The number of benzene rings is 6. The smallest absolute Gasteiger partial charge is 0.0991 e. The zero-order chi connectivity index (χ0) is 32.5. The number of aromatic nitrogens is 4. The van der Waals surface area contributed by atoms with Crippen LogP contribution in [0.15, 0.2) is 146 Å². The maximum atomic E-state index is 9.35. The maximum absolute atomic E-state index is 9.35. The SMILES string of the molecule is N#Cc1ccc(-c2nc3ccc(-c4ccc5nc(-c6ccccc6)c(-c6ccccc6)nc5c4)cc3nc2-c2ccc(C#N)cc2)cc1. The number of fused-ring (bicyclic) bond motifs is 2. The molecule has 0 saturated heterocycles. The third kappa shape index (κ3) is 5.30. The van der Waals surface area contributed by atoms with Crippen LogP contribution in [-0.4, -0.2) is 19.9 Å². The van der Waals surface area contributed by atoms with Crippen molar-refractivity contribution >= 4 is 22.1 Å². The van der Waals surface area contributed by atoms with Crippen molar-refractivity contribution in [1.82, 2.24) is 19.9 Å². The van der Waals surface area contributed by atoms with Crippen LogP contribution in [0, 0.1) is 22.7 Å². The molecule has 0 fully saturated rings. The molecular weight excluding hydrogens is 589 g/mol. The summed E-state index contributed by atoms with van der Waals surface area (Å²) in [5, 5.41) is 18.7. The summed E-state index contributed by atoms with van der Waals surface area (Å²) >= 11 is 0. The molecule has 0 aliphatic heterocycles. The summed E-state index contributed by atoms with van der Waals surface area (Å²) in [5.41, 5.74) is 13.0. The molecule has 0 bridgehead atoms. The minimum atomic E-state index is 0.570. The molecule has 0 amide bonds. The Bertz CT molecular complexity index is 2550. The fourth-order valence-corrected chi connectivity index (χ4v) is 5.87. The molecule has 0 aliphatic carbocycles. The molecule has 6 heteroatoms. The Morgan fingerprint density at radius 2 is 0.625 bits per heavy atom. The van der Waals surface area contributed by atoms with Gasteiger partial charge in [-0.2, -0.15) is 10.5 Å². The van der Waals surface area contributed by atoms with Gasteiger partial charge in [0.05, 0.1) is 68.1 Å². The van der Waals surface area contributed by atoms with E-state index in [1.54, 1.807) is 24.3 Å². The van der Waals surface area contributed by atoms with Crippen molar-refractivity contribution in [3.8, 4) is 68.3 Å². The number of hydrogen-bond acceptors (Lipinski definition) is 6. The highest BCUT2D eigenvalue weighted by Crippen LogP contribution is 2.35. The van der Waals surface area contributed by atoms with Crippen LogP contribution in [0.2, 0.25) is 0 Å². The van der Waals surface area contributed by atoms with Gasteiger partial charge in [-0.3, -0.25) is 0 Å². The molecule has 0 N–H and O–H groups in total. The Morgan fingerprint density at radius 1 is 0.312 bits per heavy atom. The first-order valence-corrected chi connectivity index (χ1v) is 15.4. The Balaban J connectivity index is 1.26. The molecule has 0 unspecified atom stereocenters. The first-order chi connectivity index (χ1) is 23.7. The molecule has 48 heavy (non-hydrogen) atoms. The lowest BCUT2D eigenvalue weighted by atomic mass is 10.00. The minimum Gasteiger partial charge on any atom is -0.244 e.